The van der Waals surface area contributed by atoms with Crippen LogP contribution in [-0.2, 0) is 19.1 Å². The van der Waals surface area contributed by atoms with E-state index in [0.717, 1.165) is 36.8 Å². The van der Waals surface area contributed by atoms with Gasteiger partial charge in [0.05, 0.1) is 19.6 Å². The van der Waals surface area contributed by atoms with Gasteiger partial charge >= 0.3 is 5.97 Å². The number of carbonyl (C=O) groups excluding carboxylic acids is 3. The minimum Gasteiger partial charge on any atom is -0.469 e. The fraction of sp³-hybridized carbons (Fsp3) is 0.550. The van der Waals surface area contributed by atoms with E-state index in [1.165, 1.54) is 7.11 Å². The van der Waals surface area contributed by atoms with Gasteiger partial charge in [-0.05, 0) is 32.3 Å². The number of methoxy groups -OCH3 is 1. The second kappa shape index (κ2) is 9.36. The van der Waals surface area contributed by atoms with Crippen molar-refractivity contribution < 1.29 is 19.1 Å². The van der Waals surface area contributed by atoms with E-state index in [1.807, 2.05) is 31.2 Å². The van der Waals surface area contributed by atoms with Crippen LogP contribution in [0, 0.1) is 12.8 Å². The van der Waals surface area contributed by atoms with Crippen LogP contribution in [0.4, 0.5) is 0 Å². The summed E-state index contributed by atoms with van der Waals surface area (Å²) in [7, 11) is 1.32. The second-order valence-corrected chi connectivity index (χ2v) is 6.96. The maximum absolute atomic E-state index is 12.5. The molecule has 1 aliphatic rings. The van der Waals surface area contributed by atoms with Crippen LogP contribution in [0.5, 0.6) is 0 Å². The summed E-state index contributed by atoms with van der Waals surface area (Å²) in [5.41, 5.74) is 1.91. The molecule has 0 spiro atoms. The van der Waals surface area contributed by atoms with Gasteiger partial charge in [0.25, 0.3) is 0 Å². The van der Waals surface area contributed by atoms with E-state index in [-0.39, 0.29) is 24.2 Å². The number of hydrogen-bond donors (Lipinski definition) is 2. The number of carbonyl (C=O) groups is 3. The molecule has 0 aliphatic heterocycles. The summed E-state index contributed by atoms with van der Waals surface area (Å²) in [6, 6.07) is 6.46. The van der Waals surface area contributed by atoms with Crippen molar-refractivity contribution in [2.75, 3.05) is 7.11 Å². The minimum absolute atomic E-state index is 0.00761. The number of amides is 2. The Balaban J connectivity index is 2.00. The lowest BCUT2D eigenvalue weighted by molar-refractivity contribution is -0.141. The minimum atomic E-state index is -0.659. The van der Waals surface area contributed by atoms with Crippen molar-refractivity contribution in [3.05, 3.63) is 35.4 Å². The van der Waals surface area contributed by atoms with Crippen molar-refractivity contribution in [2.45, 2.75) is 58.0 Å². The van der Waals surface area contributed by atoms with Crippen molar-refractivity contribution in [3.63, 3.8) is 0 Å². The number of benzene rings is 1. The summed E-state index contributed by atoms with van der Waals surface area (Å²) in [6.45, 7) is 3.63. The van der Waals surface area contributed by atoms with Crippen molar-refractivity contribution >= 4 is 17.8 Å². The first-order valence-corrected chi connectivity index (χ1v) is 9.15. The lowest BCUT2D eigenvalue weighted by Gasteiger charge is -2.22. The second-order valence-electron chi connectivity index (χ2n) is 6.96. The van der Waals surface area contributed by atoms with Gasteiger partial charge in [0.1, 0.15) is 6.04 Å². The number of hydrogen-bond acceptors (Lipinski definition) is 4. The Morgan fingerprint density at radius 1 is 1.12 bits per heavy atom. The van der Waals surface area contributed by atoms with Crippen LogP contribution in [0.2, 0.25) is 0 Å². The fourth-order valence-electron chi connectivity index (χ4n) is 3.18. The van der Waals surface area contributed by atoms with Crippen molar-refractivity contribution in [1.82, 2.24) is 10.6 Å². The van der Waals surface area contributed by atoms with E-state index < -0.39 is 18.1 Å². The van der Waals surface area contributed by atoms with E-state index in [4.69, 9.17) is 4.74 Å². The highest BCUT2D eigenvalue weighted by Crippen LogP contribution is 2.25. The monoisotopic (exact) mass is 360 g/mol. The molecule has 26 heavy (non-hydrogen) atoms. The van der Waals surface area contributed by atoms with E-state index in [0.29, 0.717) is 0 Å². The standard InChI is InChI=1S/C20H28N2O4/c1-13-8-10-15(11-9-13)17(12-18(23)26-3)22-19(24)14(2)21-20(25)16-6-4-5-7-16/h8-11,14,16-17H,4-7,12H2,1-3H3,(H,21,25)(H,22,24). The van der Waals surface area contributed by atoms with Crippen LogP contribution < -0.4 is 10.6 Å². The molecule has 6 heteroatoms. The van der Waals surface area contributed by atoms with Gasteiger partial charge in [0, 0.05) is 5.92 Å². The largest absolute Gasteiger partial charge is 0.469 e. The summed E-state index contributed by atoms with van der Waals surface area (Å²) < 4.78 is 4.74. The van der Waals surface area contributed by atoms with Crippen LogP contribution in [-0.4, -0.2) is 30.9 Å². The van der Waals surface area contributed by atoms with Crippen molar-refractivity contribution in [3.8, 4) is 0 Å². The third-order valence-electron chi connectivity index (χ3n) is 4.87. The highest BCUT2D eigenvalue weighted by molar-refractivity contribution is 5.88. The Morgan fingerprint density at radius 3 is 2.31 bits per heavy atom. The van der Waals surface area contributed by atoms with Crippen molar-refractivity contribution in [1.29, 1.82) is 0 Å². The number of aryl methyl sites for hydroxylation is 1. The van der Waals surface area contributed by atoms with Crippen LogP contribution in [0.15, 0.2) is 24.3 Å². The average Bonchev–Trinajstić information content (AvgIpc) is 3.16. The zero-order valence-corrected chi connectivity index (χ0v) is 15.7. The third kappa shape index (κ3) is 5.58. The van der Waals surface area contributed by atoms with Crippen LogP contribution in [0.3, 0.4) is 0 Å². The van der Waals surface area contributed by atoms with Gasteiger partial charge in [-0.2, -0.15) is 0 Å². The van der Waals surface area contributed by atoms with Crippen LogP contribution >= 0.6 is 0 Å². The normalized spacial score (nSPS) is 16.6. The predicted octanol–water partition coefficient (Wildman–Crippen LogP) is 2.41. The molecule has 6 nitrogen and oxygen atoms in total. The van der Waals surface area contributed by atoms with Gasteiger partial charge in [-0.25, -0.2) is 0 Å². The Labute approximate surface area is 154 Å². The molecule has 1 fully saturated rings. The number of rotatable bonds is 7. The van der Waals surface area contributed by atoms with Crippen LogP contribution in [0.1, 0.15) is 56.2 Å². The van der Waals surface area contributed by atoms with Gasteiger partial charge in [-0.15, -0.1) is 0 Å². The lowest BCUT2D eigenvalue weighted by atomic mass is 10.0. The smallest absolute Gasteiger partial charge is 0.307 e. The summed E-state index contributed by atoms with van der Waals surface area (Å²) in [5, 5.41) is 5.65. The quantitative estimate of drug-likeness (QED) is 0.732. The number of esters is 1. The average molecular weight is 360 g/mol. The molecule has 0 saturated heterocycles. The van der Waals surface area contributed by atoms with Gasteiger partial charge < -0.3 is 15.4 Å². The molecule has 2 amide bonds. The molecule has 0 heterocycles. The maximum atomic E-state index is 12.5. The lowest BCUT2D eigenvalue weighted by Crippen LogP contribution is -2.47. The Morgan fingerprint density at radius 2 is 1.73 bits per heavy atom. The molecule has 0 aromatic heterocycles. The van der Waals surface area contributed by atoms with Crippen LogP contribution in [0.25, 0.3) is 0 Å². The molecule has 1 aliphatic carbocycles. The first-order chi connectivity index (χ1) is 12.4. The molecule has 1 saturated carbocycles. The molecule has 2 unspecified atom stereocenters. The van der Waals surface area contributed by atoms with E-state index >= 15 is 0 Å². The molecule has 1 aromatic carbocycles. The zero-order chi connectivity index (χ0) is 19.1. The predicted molar refractivity (Wildman–Crippen MR) is 98.3 cm³/mol. The molecular weight excluding hydrogens is 332 g/mol. The highest BCUT2D eigenvalue weighted by Gasteiger charge is 2.27. The van der Waals surface area contributed by atoms with Gasteiger partial charge in [0.15, 0.2) is 0 Å². The summed E-state index contributed by atoms with van der Waals surface area (Å²) in [4.78, 5) is 36.5. The summed E-state index contributed by atoms with van der Waals surface area (Å²) in [6.07, 6.45) is 3.93. The number of nitrogens with one attached hydrogen (secondary N) is 2. The maximum Gasteiger partial charge on any atom is 0.307 e. The van der Waals surface area contributed by atoms with Crippen molar-refractivity contribution in [2.24, 2.45) is 5.92 Å². The Hall–Kier alpha value is -2.37. The van der Waals surface area contributed by atoms with E-state index in [1.54, 1.807) is 6.92 Å². The molecule has 0 radical (unpaired) electrons. The Kier molecular flexibility index (Phi) is 7.18. The molecule has 2 N–H and O–H groups in total. The first-order valence-electron chi connectivity index (χ1n) is 9.15. The fourth-order valence-corrected chi connectivity index (χ4v) is 3.18. The first kappa shape index (κ1) is 19.9. The highest BCUT2D eigenvalue weighted by atomic mass is 16.5. The Bertz CT molecular complexity index is 636. The molecule has 2 atom stereocenters. The third-order valence-corrected chi connectivity index (χ3v) is 4.87. The molecule has 1 aromatic rings. The van der Waals surface area contributed by atoms with E-state index in [9.17, 15) is 14.4 Å². The molecule has 2 rings (SSSR count). The zero-order valence-electron chi connectivity index (χ0n) is 15.7. The van der Waals surface area contributed by atoms with Gasteiger partial charge in [-0.3, -0.25) is 14.4 Å². The topological polar surface area (TPSA) is 84.5 Å². The van der Waals surface area contributed by atoms with Gasteiger partial charge in [-0.1, -0.05) is 42.7 Å². The summed E-state index contributed by atoms with van der Waals surface area (Å²) in [5.74, 6) is -0.775. The SMILES string of the molecule is COC(=O)CC(NC(=O)C(C)NC(=O)C1CCCC1)c1ccc(C)cc1. The van der Waals surface area contributed by atoms with E-state index in [2.05, 4.69) is 10.6 Å². The molecule has 142 valence electrons. The van der Waals surface area contributed by atoms with Gasteiger partial charge in [0.2, 0.25) is 11.8 Å². The summed E-state index contributed by atoms with van der Waals surface area (Å²) >= 11 is 0. The number of ether oxygens (including phenoxy) is 1. The molecule has 0 bridgehead atoms. The molecular formula is C20H28N2O4.